The molecule has 0 unspecified atom stereocenters. The quantitative estimate of drug-likeness (QED) is 0.758. The fourth-order valence-electron chi connectivity index (χ4n) is 2.43. The Hall–Kier alpha value is -2.36. The number of fused-ring (bicyclic) bond motifs is 1. The van der Waals surface area contributed by atoms with E-state index in [-0.39, 0.29) is 0 Å². The maximum Gasteiger partial charge on any atom is 0.207 e. The van der Waals surface area contributed by atoms with Crippen LogP contribution in [0.15, 0.2) is 42.7 Å². The lowest BCUT2D eigenvalue weighted by Gasteiger charge is -2.09. The van der Waals surface area contributed by atoms with Crippen LogP contribution in [0.5, 0.6) is 0 Å². The number of nitrogens with zero attached hydrogens (tertiary/aromatic N) is 3. The third kappa shape index (κ3) is 3.05. The number of nitrogens with one attached hydrogen (secondary N) is 1. The monoisotopic (exact) mass is 280 g/mol. The second-order valence-corrected chi connectivity index (χ2v) is 5.29. The molecule has 21 heavy (non-hydrogen) atoms. The van der Waals surface area contributed by atoms with Crippen molar-refractivity contribution >= 4 is 22.5 Å². The van der Waals surface area contributed by atoms with Gasteiger partial charge in [-0.05, 0) is 37.6 Å². The summed E-state index contributed by atoms with van der Waals surface area (Å²) in [6.45, 7) is 5.22. The molecule has 108 valence electrons. The summed E-state index contributed by atoms with van der Waals surface area (Å²) in [5, 5.41) is 4.55. The van der Waals surface area contributed by atoms with E-state index in [0.717, 1.165) is 41.2 Å². The molecule has 3 aromatic rings. The van der Waals surface area contributed by atoms with Gasteiger partial charge in [0, 0.05) is 30.0 Å². The van der Waals surface area contributed by atoms with Crippen molar-refractivity contribution in [2.75, 3.05) is 5.32 Å². The molecule has 0 aliphatic heterocycles. The molecule has 0 aliphatic carbocycles. The predicted octanol–water partition coefficient (Wildman–Crippen LogP) is 4.28. The van der Waals surface area contributed by atoms with Gasteiger partial charge in [-0.25, -0.2) is 4.98 Å². The molecule has 0 amide bonds. The molecule has 2 aromatic heterocycles. The number of unbranched alkanes of at least 4 members (excludes halogenated alkanes) is 1. The van der Waals surface area contributed by atoms with Gasteiger partial charge in [-0.3, -0.25) is 4.98 Å². The van der Waals surface area contributed by atoms with E-state index >= 15 is 0 Å². The van der Waals surface area contributed by atoms with Crippen LogP contribution in [-0.4, -0.2) is 14.5 Å². The van der Waals surface area contributed by atoms with Crippen LogP contribution in [0.3, 0.4) is 0 Å². The number of anilines is 2. The third-order valence-electron chi connectivity index (χ3n) is 3.51. The Morgan fingerprint density at radius 3 is 3.00 bits per heavy atom. The van der Waals surface area contributed by atoms with Crippen molar-refractivity contribution in [1.82, 2.24) is 14.5 Å². The third-order valence-corrected chi connectivity index (χ3v) is 3.51. The number of pyridine rings is 1. The molecule has 0 saturated heterocycles. The second kappa shape index (κ2) is 5.95. The minimum Gasteiger partial charge on any atom is -0.326 e. The van der Waals surface area contributed by atoms with Crippen LogP contribution < -0.4 is 5.32 Å². The van der Waals surface area contributed by atoms with Gasteiger partial charge in [0.15, 0.2) is 0 Å². The number of hydrogen-bond donors (Lipinski definition) is 1. The highest BCUT2D eigenvalue weighted by atomic mass is 15.2. The molecule has 4 heteroatoms. The molecular weight excluding hydrogens is 260 g/mol. The van der Waals surface area contributed by atoms with Crippen LogP contribution >= 0.6 is 0 Å². The van der Waals surface area contributed by atoms with E-state index in [1.165, 1.54) is 6.42 Å². The molecule has 0 aliphatic rings. The van der Waals surface area contributed by atoms with Crippen molar-refractivity contribution in [1.29, 1.82) is 0 Å². The number of rotatable bonds is 5. The summed E-state index contributed by atoms with van der Waals surface area (Å²) < 4.78 is 2.19. The fraction of sp³-hybridized carbons (Fsp3) is 0.294. The van der Waals surface area contributed by atoms with Gasteiger partial charge in [0.25, 0.3) is 0 Å². The molecule has 2 heterocycles. The van der Waals surface area contributed by atoms with Gasteiger partial charge in [0.05, 0.1) is 11.2 Å². The summed E-state index contributed by atoms with van der Waals surface area (Å²) >= 11 is 0. The van der Waals surface area contributed by atoms with Crippen molar-refractivity contribution in [3.63, 3.8) is 0 Å². The average Bonchev–Trinajstić information content (AvgIpc) is 2.84. The van der Waals surface area contributed by atoms with Gasteiger partial charge in [0.1, 0.15) is 0 Å². The zero-order valence-electron chi connectivity index (χ0n) is 12.5. The number of imidazole rings is 1. The highest BCUT2D eigenvalue weighted by Gasteiger charge is 2.06. The second-order valence-electron chi connectivity index (χ2n) is 5.29. The molecule has 3 rings (SSSR count). The van der Waals surface area contributed by atoms with Crippen LogP contribution in [0.2, 0.25) is 0 Å². The lowest BCUT2D eigenvalue weighted by molar-refractivity contribution is 0.637. The zero-order valence-corrected chi connectivity index (χ0v) is 12.5. The summed E-state index contributed by atoms with van der Waals surface area (Å²) in [4.78, 5) is 8.92. The van der Waals surface area contributed by atoms with Crippen molar-refractivity contribution in [2.24, 2.45) is 0 Å². The standard InChI is InChI=1S/C17H20N4/c1-3-4-10-21-12-13(2)19-17(21)20-15-7-8-16-14(11-15)6-5-9-18-16/h5-9,11-12H,3-4,10H2,1-2H3,(H,19,20). The van der Waals surface area contributed by atoms with Gasteiger partial charge in [-0.2, -0.15) is 0 Å². The van der Waals surface area contributed by atoms with Gasteiger partial charge < -0.3 is 9.88 Å². The maximum absolute atomic E-state index is 4.58. The number of hydrogen-bond acceptors (Lipinski definition) is 3. The predicted molar refractivity (Wildman–Crippen MR) is 86.9 cm³/mol. The molecule has 0 radical (unpaired) electrons. The first-order valence-corrected chi connectivity index (χ1v) is 7.42. The summed E-state index contributed by atoms with van der Waals surface area (Å²) in [7, 11) is 0. The number of benzene rings is 1. The van der Waals surface area contributed by atoms with E-state index in [4.69, 9.17) is 0 Å². The van der Waals surface area contributed by atoms with Crippen LogP contribution in [0.25, 0.3) is 10.9 Å². The molecular formula is C17H20N4. The van der Waals surface area contributed by atoms with Crippen LogP contribution in [-0.2, 0) is 6.54 Å². The maximum atomic E-state index is 4.58. The Balaban J connectivity index is 1.87. The summed E-state index contributed by atoms with van der Waals surface area (Å²) in [5.74, 6) is 0.907. The molecule has 4 nitrogen and oxygen atoms in total. The van der Waals surface area contributed by atoms with Gasteiger partial charge in [0.2, 0.25) is 5.95 Å². The first kappa shape index (κ1) is 13.6. The Kier molecular flexibility index (Phi) is 3.86. The Morgan fingerprint density at radius 2 is 2.14 bits per heavy atom. The smallest absolute Gasteiger partial charge is 0.207 e. The van der Waals surface area contributed by atoms with Gasteiger partial charge >= 0.3 is 0 Å². The van der Waals surface area contributed by atoms with E-state index in [1.807, 2.05) is 31.3 Å². The van der Waals surface area contributed by atoms with Gasteiger partial charge in [-0.15, -0.1) is 0 Å². The molecule has 0 spiro atoms. The number of aromatic nitrogens is 3. The zero-order chi connectivity index (χ0) is 14.7. The van der Waals surface area contributed by atoms with Crippen LogP contribution in [0.1, 0.15) is 25.5 Å². The Morgan fingerprint density at radius 1 is 1.24 bits per heavy atom. The molecule has 0 bridgehead atoms. The average molecular weight is 280 g/mol. The van der Waals surface area contributed by atoms with Crippen molar-refractivity contribution in [2.45, 2.75) is 33.2 Å². The summed E-state index contributed by atoms with van der Waals surface area (Å²) in [6.07, 6.45) is 6.25. The molecule has 0 atom stereocenters. The SMILES string of the molecule is CCCCn1cc(C)nc1Nc1ccc2ncccc2c1. The molecule has 1 aromatic carbocycles. The Labute approximate surface area is 124 Å². The van der Waals surface area contributed by atoms with Crippen molar-refractivity contribution < 1.29 is 0 Å². The highest BCUT2D eigenvalue weighted by molar-refractivity contribution is 5.82. The molecule has 0 saturated carbocycles. The van der Waals surface area contributed by atoms with Crippen LogP contribution in [0, 0.1) is 6.92 Å². The van der Waals surface area contributed by atoms with E-state index in [2.05, 4.69) is 45.1 Å². The Bertz CT molecular complexity index is 745. The highest BCUT2D eigenvalue weighted by Crippen LogP contribution is 2.21. The fourth-order valence-corrected chi connectivity index (χ4v) is 2.43. The lowest BCUT2D eigenvalue weighted by atomic mass is 10.2. The summed E-state index contributed by atoms with van der Waals surface area (Å²) in [6, 6.07) is 10.2. The van der Waals surface area contributed by atoms with Gasteiger partial charge in [-0.1, -0.05) is 19.4 Å². The lowest BCUT2D eigenvalue weighted by Crippen LogP contribution is -2.03. The minimum atomic E-state index is 0.907. The first-order chi connectivity index (χ1) is 10.3. The normalized spacial score (nSPS) is 11.0. The van der Waals surface area contributed by atoms with E-state index in [0.29, 0.717) is 0 Å². The molecule has 0 fully saturated rings. The van der Waals surface area contributed by atoms with Crippen molar-refractivity contribution in [3.8, 4) is 0 Å². The van der Waals surface area contributed by atoms with Crippen molar-refractivity contribution in [3.05, 3.63) is 48.4 Å². The van der Waals surface area contributed by atoms with E-state index < -0.39 is 0 Å². The van der Waals surface area contributed by atoms with Crippen LogP contribution in [0.4, 0.5) is 11.6 Å². The first-order valence-electron chi connectivity index (χ1n) is 7.42. The largest absolute Gasteiger partial charge is 0.326 e. The topological polar surface area (TPSA) is 42.7 Å². The summed E-state index contributed by atoms with van der Waals surface area (Å²) in [5.41, 5.74) is 3.09. The number of aryl methyl sites for hydroxylation is 2. The van der Waals surface area contributed by atoms with E-state index in [9.17, 15) is 0 Å². The molecule has 1 N–H and O–H groups in total. The van der Waals surface area contributed by atoms with E-state index in [1.54, 1.807) is 0 Å². The minimum absolute atomic E-state index is 0.907.